The van der Waals surface area contributed by atoms with Crippen molar-refractivity contribution >= 4 is 55.0 Å². The van der Waals surface area contributed by atoms with E-state index in [1.54, 1.807) is 41.6 Å². The van der Waals surface area contributed by atoms with Crippen molar-refractivity contribution in [2.24, 2.45) is 11.8 Å². The molecule has 0 spiro atoms. The number of halogens is 1. The first-order chi connectivity index (χ1) is 18.0. The van der Waals surface area contributed by atoms with E-state index in [0.29, 0.717) is 65.7 Å². The molecule has 1 fully saturated rings. The average Bonchev–Trinajstić information content (AvgIpc) is 3.32. The van der Waals surface area contributed by atoms with E-state index in [1.807, 2.05) is 25.1 Å². The molecule has 9 nitrogen and oxygen atoms in total. The van der Waals surface area contributed by atoms with Gasteiger partial charge in [0.05, 0.1) is 19.1 Å². The van der Waals surface area contributed by atoms with Crippen molar-refractivity contribution in [1.82, 2.24) is 14.2 Å². The van der Waals surface area contributed by atoms with Gasteiger partial charge in [-0.1, -0.05) is 25.2 Å². The zero-order chi connectivity index (χ0) is 27.6. The Morgan fingerprint density at radius 2 is 1.59 bits per heavy atom. The molecule has 2 unspecified atom stereocenters. The van der Waals surface area contributed by atoms with Crippen LogP contribution in [-0.2, 0) is 10.0 Å². The van der Waals surface area contributed by atoms with Gasteiger partial charge in [-0.25, -0.2) is 13.4 Å². The van der Waals surface area contributed by atoms with Crippen molar-refractivity contribution in [3.63, 3.8) is 0 Å². The molecule has 2 heterocycles. The zero-order valence-electron chi connectivity index (χ0n) is 23.2. The van der Waals surface area contributed by atoms with Crippen LogP contribution in [0.1, 0.15) is 30.6 Å². The van der Waals surface area contributed by atoms with E-state index in [2.05, 4.69) is 13.8 Å². The fourth-order valence-electron chi connectivity index (χ4n) is 4.85. The fourth-order valence-corrected chi connectivity index (χ4v) is 7.63. The molecular formula is C27H37ClN4O5S2. The molecule has 1 amide bonds. The molecule has 0 saturated carbocycles. The van der Waals surface area contributed by atoms with Gasteiger partial charge in [0.2, 0.25) is 10.0 Å². The van der Waals surface area contributed by atoms with E-state index in [0.717, 1.165) is 11.1 Å². The van der Waals surface area contributed by atoms with Crippen molar-refractivity contribution in [3.05, 3.63) is 42.0 Å². The molecule has 0 bridgehead atoms. The Hall–Kier alpha value is -2.44. The van der Waals surface area contributed by atoms with Gasteiger partial charge in [-0.15, -0.1) is 12.4 Å². The first-order valence-electron chi connectivity index (χ1n) is 12.6. The number of amides is 1. The van der Waals surface area contributed by atoms with Crippen molar-refractivity contribution in [2.75, 3.05) is 59.4 Å². The number of rotatable bonds is 9. The van der Waals surface area contributed by atoms with E-state index < -0.39 is 10.0 Å². The number of anilines is 1. The normalized spacial score (nSPS) is 18.1. The van der Waals surface area contributed by atoms with Crippen molar-refractivity contribution in [3.8, 4) is 11.5 Å². The second kappa shape index (κ2) is 12.8. The Kier molecular flexibility index (Phi) is 10.2. The Morgan fingerprint density at radius 1 is 1.00 bits per heavy atom. The number of sulfonamides is 1. The largest absolute Gasteiger partial charge is 0.495 e. The molecule has 1 aliphatic heterocycles. The van der Waals surface area contributed by atoms with Crippen LogP contribution >= 0.6 is 23.7 Å². The molecule has 1 saturated heterocycles. The maximum Gasteiger partial charge on any atom is 0.260 e. The van der Waals surface area contributed by atoms with Crippen LogP contribution in [0.25, 0.3) is 10.2 Å². The topological polar surface area (TPSA) is 92.3 Å². The smallest absolute Gasteiger partial charge is 0.260 e. The third-order valence-corrected chi connectivity index (χ3v) is 9.66. The lowest BCUT2D eigenvalue weighted by atomic mass is 9.94. The van der Waals surface area contributed by atoms with Crippen LogP contribution in [0.5, 0.6) is 11.5 Å². The van der Waals surface area contributed by atoms with Crippen LogP contribution < -0.4 is 14.4 Å². The summed E-state index contributed by atoms with van der Waals surface area (Å²) < 4.78 is 40.0. The lowest BCUT2D eigenvalue weighted by Crippen LogP contribution is -2.42. The van der Waals surface area contributed by atoms with E-state index in [9.17, 15) is 13.2 Å². The second-order valence-corrected chi connectivity index (χ2v) is 13.1. The Labute approximate surface area is 241 Å². The van der Waals surface area contributed by atoms with Crippen molar-refractivity contribution < 1.29 is 22.7 Å². The number of ether oxygens (including phenoxy) is 2. The first kappa shape index (κ1) is 31.1. The number of benzene rings is 2. The Bertz CT molecular complexity index is 1340. The number of likely N-dealkylation sites (N-methyl/N-ethyl adjacent to an activating group) is 1. The molecule has 214 valence electrons. The number of methoxy groups -OCH3 is 2. The Morgan fingerprint density at radius 3 is 2.15 bits per heavy atom. The minimum atomic E-state index is -3.63. The summed E-state index contributed by atoms with van der Waals surface area (Å²) in [6.07, 6.45) is 1.02. The molecule has 2 atom stereocenters. The maximum atomic E-state index is 13.7. The standard InChI is InChI=1S/C27H36N4O5S2.ClH/c1-18-15-19(2)17-30(16-18)38(33,34)21-9-7-20(8-10-21)26(32)31(14-13-29(3)4)27-28-24-22(35-5)11-12-23(36-6)25(24)37-27;/h7-12,18-19H,13-17H2,1-6H3;1H. The first-order valence-corrected chi connectivity index (χ1v) is 14.9. The van der Waals surface area contributed by atoms with E-state index in [4.69, 9.17) is 14.5 Å². The highest BCUT2D eigenvalue weighted by atomic mass is 35.5. The number of aromatic nitrogens is 1. The summed E-state index contributed by atoms with van der Waals surface area (Å²) in [6.45, 7) is 6.20. The second-order valence-electron chi connectivity index (χ2n) is 10.2. The van der Waals surface area contributed by atoms with Crippen LogP contribution in [0.3, 0.4) is 0 Å². The van der Waals surface area contributed by atoms with Gasteiger partial charge in [-0.2, -0.15) is 4.31 Å². The summed E-state index contributed by atoms with van der Waals surface area (Å²) in [4.78, 5) is 22.3. The highest BCUT2D eigenvalue weighted by Crippen LogP contribution is 2.40. The van der Waals surface area contributed by atoms with Gasteiger partial charge >= 0.3 is 0 Å². The number of thiazole rings is 1. The number of nitrogens with zero attached hydrogens (tertiary/aromatic N) is 4. The van der Waals surface area contributed by atoms with Crippen LogP contribution in [0.15, 0.2) is 41.3 Å². The lowest BCUT2D eigenvalue weighted by Gasteiger charge is -2.34. The number of hydrogen-bond donors (Lipinski definition) is 0. The van der Waals surface area contributed by atoms with Crippen molar-refractivity contribution in [2.45, 2.75) is 25.2 Å². The summed E-state index contributed by atoms with van der Waals surface area (Å²) >= 11 is 1.36. The van der Waals surface area contributed by atoms with Gasteiger partial charge in [-0.3, -0.25) is 9.69 Å². The quantitative estimate of drug-likeness (QED) is 0.356. The molecule has 0 N–H and O–H groups in total. The SMILES string of the molecule is COc1ccc(OC)c2sc(N(CCN(C)C)C(=O)c3ccc(S(=O)(=O)N4CC(C)CC(C)C4)cc3)nc12.Cl. The van der Waals surface area contributed by atoms with Crippen LogP contribution in [0.4, 0.5) is 5.13 Å². The van der Waals surface area contributed by atoms with Crippen LogP contribution in [0.2, 0.25) is 0 Å². The third-order valence-electron chi connectivity index (χ3n) is 6.72. The summed E-state index contributed by atoms with van der Waals surface area (Å²) in [5.74, 6) is 1.61. The van der Waals surface area contributed by atoms with Gasteiger partial charge in [0.15, 0.2) is 5.13 Å². The molecule has 1 aliphatic rings. The molecule has 12 heteroatoms. The van der Waals surface area contributed by atoms with E-state index in [-0.39, 0.29) is 23.2 Å². The molecule has 3 aromatic rings. The number of hydrogen-bond acceptors (Lipinski definition) is 8. The molecular weight excluding hydrogens is 560 g/mol. The number of piperidine rings is 1. The van der Waals surface area contributed by atoms with E-state index >= 15 is 0 Å². The summed E-state index contributed by atoms with van der Waals surface area (Å²) in [5.41, 5.74) is 1.02. The minimum absolute atomic E-state index is 0. The molecule has 39 heavy (non-hydrogen) atoms. The van der Waals surface area contributed by atoms with Gasteiger partial charge in [0.1, 0.15) is 21.7 Å². The fraction of sp³-hybridized carbons (Fsp3) is 0.481. The lowest BCUT2D eigenvalue weighted by molar-refractivity contribution is 0.0985. The predicted octanol–water partition coefficient (Wildman–Crippen LogP) is 4.61. The number of carbonyl (C=O) groups excluding carboxylic acids is 1. The highest BCUT2D eigenvalue weighted by molar-refractivity contribution is 7.89. The third kappa shape index (κ3) is 6.66. The molecule has 4 rings (SSSR count). The van der Waals surface area contributed by atoms with Gasteiger partial charge < -0.3 is 14.4 Å². The maximum absolute atomic E-state index is 13.7. The van der Waals surface area contributed by atoms with Crippen LogP contribution in [0, 0.1) is 11.8 Å². The monoisotopic (exact) mass is 596 g/mol. The summed E-state index contributed by atoms with van der Waals surface area (Å²) in [7, 11) is 3.42. The average molecular weight is 597 g/mol. The molecule has 0 radical (unpaired) electrons. The molecule has 1 aromatic heterocycles. The molecule has 2 aromatic carbocycles. The summed E-state index contributed by atoms with van der Waals surface area (Å²) in [6, 6.07) is 9.84. The Balaban J connectivity index is 0.00000420. The predicted molar refractivity (Wildman–Crippen MR) is 158 cm³/mol. The van der Waals surface area contributed by atoms with Gasteiger partial charge in [-0.05, 0) is 68.8 Å². The zero-order valence-corrected chi connectivity index (χ0v) is 25.7. The minimum Gasteiger partial charge on any atom is -0.495 e. The van der Waals surface area contributed by atoms with Gasteiger partial charge in [0, 0.05) is 31.7 Å². The van der Waals surface area contributed by atoms with Crippen LogP contribution in [-0.4, -0.2) is 83.0 Å². The van der Waals surface area contributed by atoms with Crippen molar-refractivity contribution in [1.29, 1.82) is 0 Å². The van der Waals surface area contributed by atoms with Gasteiger partial charge in [0.25, 0.3) is 5.91 Å². The summed E-state index contributed by atoms with van der Waals surface area (Å²) in [5, 5.41) is 0.516. The van der Waals surface area contributed by atoms with E-state index in [1.165, 1.54) is 23.5 Å². The number of carbonyl (C=O) groups is 1. The molecule has 0 aliphatic carbocycles. The highest BCUT2D eigenvalue weighted by Gasteiger charge is 2.32. The number of fused-ring (bicyclic) bond motifs is 1.